The number of carbonyl (C=O) groups is 1. The molecular weight excluding hydrogens is 440 g/mol. The van der Waals surface area contributed by atoms with Gasteiger partial charge in [-0.15, -0.1) is 0 Å². The molecule has 1 amide bonds. The Kier molecular flexibility index (Phi) is 5.85. The third-order valence-electron chi connectivity index (χ3n) is 5.44. The minimum Gasteiger partial charge on any atom is -0.495 e. The van der Waals surface area contributed by atoms with Crippen molar-refractivity contribution in [1.82, 2.24) is 9.78 Å². The van der Waals surface area contributed by atoms with Crippen LogP contribution in [0.25, 0.3) is 34.2 Å². The summed E-state index contributed by atoms with van der Waals surface area (Å²) in [6.07, 6.45) is 3.28. The number of carbonyl (C=O) groups excluding carboxylic acids is 1. The van der Waals surface area contributed by atoms with Gasteiger partial charge >= 0.3 is 0 Å². The molecule has 3 aromatic carbocycles. The summed E-state index contributed by atoms with van der Waals surface area (Å²) in [5.41, 5.74) is 3.03. The first-order valence-electron chi connectivity index (χ1n) is 10.9. The van der Waals surface area contributed by atoms with E-state index in [0.29, 0.717) is 28.5 Å². The SMILES string of the molecule is COc1ccccc1NC(=O)C(C#N)=Cc1cn(-c2ccccc2)nc1-c1cc2ccccc2o1. The molecule has 0 fully saturated rings. The maximum absolute atomic E-state index is 13.0. The van der Waals surface area contributed by atoms with E-state index in [-0.39, 0.29) is 5.57 Å². The van der Waals surface area contributed by atoms with Crippen LogP contribution in [0, 0.1) is 11.3 Å². The topological polar surface area (TPSA) is 93.1 Å². The number of benzene rings is 3. The van der Waals surface area contributed by atoms with Gasteiger partial charge in [0.2, 0.25) is 0 Å². The maximum Gasteiger partial charge on any atom is 0.266 e. The second-order valence-electron chi connectivity index (χ2n) is 7.69. The van der Waals surface area contributed by atoms with Gasteiger partial charge in [0.1, 0.15) is 28.7 Å². The highest BCUT2D eigenvalue weighted by molar-refractivity contribution is 6.10. The van der Waals surface area contributed by atoms with Crippen LogP contribution in [0.2, 0.25) is 0 Å². The van der Waals surface area contributed by atoms with Gasteiger partial charge in [0.15, 0.2) is 5.76 Å². The van der Waals surface area contributed by atoms with E-state index < -0.39 is 5.91 Å². The van der Waals surface area contributed by atoms with Crippen molar-refractivity contribution in [2.45, 2.75) is 0 Å². The van der Waals surface area contributed by atoms with E-state index in [2.05, 4.69) is 5.32 Å². The molecule has 0 bridgehead atoms. The first-order chi connectivity index (χ1) is 17.2. The molecule has 2 heterocycles. The molecule has 5 aromatic rings. The Morgan fingerprint density at radius 3 is 2.57 bits per heavy atom. The average Bonchev–Trinajstić information content (AvgIpc) is 3.52. The van der Waals surface area contributed by atoms with Crippen LogP contribution < -0.4 is 10.1 Å². The lowest BCUT2D eigenvalue weighted by atomic mass is 10.1. The summed E-state index contributed by atoms with van der Waals surface area (Å²) in [6.45, 7) is 0. The fraction of sp³-hybridized carbons (Fsp3) is 0.0357. The Bertz CT molecular complexity index is 1560. The molecule has 0 spiro atoms. The van der Waals surface area contributed by atoms with Crippen molar-refractivity contribution in [3.63, 3.8) is 0 Å². The second kappa shape index (κ2) is 9.41. The van der Waals surface area contributed by atoms with E-state index in [1.807, 2.05) is 66.7 Å². The molecule has 0 atom stereocenters. The quantitative estimate of drug-likeness (QED) is 0.254. The third-order valence-corrected chi connectivity index (χ3v) is 5.44. The van der Waals surface area contributed by atoms with Gasteiger partial charge in [0.05, 0.1) is 18.5 Å². The van der Waals surface area contributed by atoms with E-state index in [0.717, 1.165) is 16.7 Å². The van der Waals surface area contributed by atoms with Crippen LogP contribution in [0.3, 0.4) is 0 Å². The summed E-state index contributed by atoms with van der Waals surface area (Å²) in [7, 11) is 1.52. The number of nitrogens with one attached hydrogen (secondary N) is 1. The van der Waals surface area contributed by atoms with Crippen molar-refractivity contribution in [2.75, 3.05) is 12.4 Å². The molecule has 0 radical (unpaired) electrons. The number of anilines is 1. The fourth-order valence-corrected chi connectivity index (χ4v) is 3.74. The van der Waals surface area contributed by atoms with Crippen LogP contribution in [0.1, 0.15) is 5.56 Å². The van der Waals surface area contributed by atoms with Crippen LogP contribution in [0.15, 0.2) is 101 Å². The lowest BCUT2D eigenvalue weighted by Crippen LogP contribution is -2.14. The van der Waals surface area contributed by atoms with Crippen LogP contribution in [0.4, 0.5) is 5.69 Å². The van der Waals surface area contributed by atoms with Gasteiger partial charge in [0, 0.05) is 17.1 Å². The lowest BCUT2D eigenvalue weighted by molar-refractivity contribution is -0.112. The van der Waals surface area contributed by atoms with Gasteiger partial charge in [-0.1, -0.05) is 48.5 Å². The predicted molar refractivity (Wildman–Crippen MR) is 134 cm³/mol. The van der Waals surface area contributed by atoms with Crippen molar-refractivity contribution in [3.05, 3.63) is 102 Å². The van der Waals surface area contributed by atoms with E-state index in [1.165, 1.54) is 13.2 Å². The molecule has 0 unspecified atom stereocenters. The summed E-state index contributed by atoms with van der Waals surface area (Å²) in [5, 5.41) is 18.2. The molecule has 0 aliphatic heterocycles. The van der Waals surface area contributed by atoms with E-state index >= 15 is 0 Å². The molecule has 2 aromatic heterocycles. The lowest BCUT2D eigenvalue weighted by Gasteiger charge is -2.09. The van der Waals surface area contributed by atoms with E-state index in [1.54, 1.807) is 35.1 Å². The first kappa shape index (κ1) is 21.7. The van der Waals surface area contributed by atoms with E-state index in [4.69, 9.17) is 14.3 Å². The Labute approximate surface area is 201 Å². The molecule has 35 heavy (non-hydrogen) atoms. The number of amides is 1. The largest absolute Gasteiger partial charge is 0.495 e. The van der Waals surface area contributed by atoms with Crippen molar-refractivity contribution in [1.29, 1.82) is 5.26 Å². The summed E-state index contributed by atoms with van der Waals surface area (Å²) in [5.74, 6) is 0.479. The summed E-state index contributed by atoms with van der Waals surface area (Å²) in [4.78, 5) is 13.0. The standard InChI is InChI=1S/C28H20N4O3/c1-34-25-14-8-6-12-23(25)30-28(33)20(17-29)15-21-18-32(22-10-3-2-4-11-22)31-27(21)26-16-19-9-5-7-13-24(19)35-26/h2-16,18H,1H3,(H,30,33). The molecule has 0 aliphatic carbocycles. The number of rotatable bonds is 6. The molecule has 0 saturated carbocycles. The van der Waals surface area contributed by atoms with Crippen LogP contribution in [-0.4, -0.2) is 22.8 Å². The van der Waals surface area contributed by atoms with Gasteiger partial charge in [-0.25, -0.2) is 4.68 Å². The monoisotopic (exact) mass is 460 g/mol. The van der Waals surface area contributed by atoms with Gasteiger partial charge in [-0.2, -0.15) is 10.4 Å². The number of aromatic nitrogens is 2. The number of nitriles is 1. The number of nitrogens with zero attached hydrogens (tertiary/aromatic N) is 3. The maximum atomic E-state index is 13.0. The Hall–Kier alpha value is -5.09. The van der Waals surface area contributed by atoms with Crippen molar-refractivity contribution >= 4 is 28.6 Å². The molecule has 7 nitrogen and oxygen atoms in total. The summed E-state index contributed by atoms with van der Waals surface area (Å²) < 4.78 is 13.0. The summed E-state index contributed by atoms with van der Waals surface area (Å²) in [6, 6.07) is 28.2. The van der Waals surface area contributed by atoms with Crippen LogP contribution in [-0.2, 0) is 4.79 Å². The number of hydrogen-bond acceptors (Lipinski definition) is 5. The number of furan rings is 1. The zero-order chi connectivity index (χ0) is 24.2. The zero-order valence-electron chi connectivity index (χ0n) is 18.8. The number of hydrogen-bond donors (Lipinski definition) is 1. The Morgan fingerprint density at radius 1 is 1.06 bits per heavy atom. The zero-order valence-corrected chi connectivity index (χ0v) is 18.8. The van der Waals surface area contributed by atoms with Gasteiger partial charge < -0.3 is 14.5 Å². The minimum atomic E-state index is -0.556. The smallest absolute Gasteiger partial charge is 0.266 e. The Morgan fingerprint density at radius 2 is 1.80 bits per heavy atom. The van der Waals surface area contributed by atoms with Crippen LogP contribution in [0.5, 0.6) is 5.75 Å². The highest BCUT2D eigenvalue weighted by atomic mass is 16.5. The highest BCUT2D eigenvalue weighted by Gasteiger charge is 2.18. The Balaban J connectivity index is 1.58. The van der Waals surface area contributed by atoms with Crippen LogP contribution >= 0.6 is 0 Å². The third kappa shape index (κ3) is 4.41. The molecule has 5 rings (SSSR count). The first-order valence-corrected chi connectivity index (χ1v) is 10.9. The normalized spacial score (nSPS) is 11.3. The minimum absolute atomic E-state index is 0.0825. The average molecular weight is 460 g/mol. The molecule has 170 valence electrons. The number of methoxy groups -OCH3 is 1. The highest BCUT2D eigenvalue weighted by Crippen LogP contribution is 2.31. The predicted octanol–water partition coefficient (Wildman–Crippen LogP) is 5.84. The van der Waals surface area contributed by atoms with Crippen molar-refractivity contribution < 1.29 is 13.9 Å². The fourth-order valence-electron chi connectivity index (χ4n) is 3.74. The molecule has 0 saturated heterocycles. The van der Waals surface area contributed by atoms with Gasteiger partial charge in [0.25, 0.3) is 5.91 Å². The van der Waals surface area contributed by atoms with Gasteiger partial charge in [-0.05, 0) is 42.5 Å². The molecular formula is C28H20N4O3. The van der Waals surface area contributed by atoms with Crippen molar-refractivity contribution in [2.24, 2.45) is 0 Å². The number of ether oxygens (including phenoxy) is 1. The van der Waals surface area contributed by atoms with E-state index in [9.17, 15) is 10.1 Å². The molecule has 0 aliphatic rings. The van der Waals surface area contributed by atoms with Gasteiger partial charge in [-0.3, -0.25) is 4.79 Å². The number of fused-ring (bicyclic) bond motifs is 1. The molecule has 1 N–H and O–H groups in total. The summed E-state index contributed by atoms with van der Waals surface area (Å²) >= 11 is 0. The second-order valence-corrected chi connectivity index (χ2v) is 7.69. The number of para-hydroxylation sites is 4. The van der Waals surface area contributed by atoms with Crippen molar-refractivity contribution in [3.8, 4) is 29.0 Å². The molecule has 7 heteroatoms.